The lowest BCUT2D eigenvalue weighted by molar-refractivity contribution is -0.150. The van der Waals surface area contributed by atoms with Crippen LogP contribution in [0.3, 0.4) is 0 Å². The maximum absolute atomic E-state index is 12.1. The molecule has 0 heterocycles. The first kappa shape index (κ1) is 32.4. The standard InChI is InChI=1S/C28H52O6/c1-6-8-10-11-13-18-27(31)34-23-24(22-33-26(30)17-12-9-7-2)16-14-19-25(29)32-21-15-20-28(3,4)5/h24H,6-23H2,1-5H3. The summed E-state index contributed by atoms with van der Waals surface area (Å²) in [6.07, 6.45) is 12.6. The van der Waals surface area contributed by atoms with Crippen molar-refractivity contribution in [2.24, 2.45) is 11.3 Å². The Labute approximate surface area is 208 Å². The summed E-state index contributed by atoms with van der Waals surface area (Å²) in [4.78, 5) is 36.1. The van der Waals surface area contributed by atoms with Crippen LogP contribution < -0.4 is 0 Å². The first-order valence-electron chi connectivity index (χ1n) is 13.6. The highest BCUT2D eigenvalue weighted by atomic mass is 16.5. The molecule has 1 unspecified atom stereocenters. The average molecular weight is 485 g/mol. The average Bonchev–Trinajstić information content (AvgIpc) is 2.77. The van der Waals surface area contributed by atoms with E-state index in [1.165, 1.54) is 12.8 Å². The smallest absolute Gasteiger partial charge is 0.305 e. The van der Waals surface area contributed by atoms with Crippen LogP contribution in [-0.2, 0) is 28.6 Å². The molecule has 0 radical (unpaired) electrons. The zero-order valence-corrected chi connectivity index (χ0v) is 22.8. The Hall–Kier alpha value is -1.59. The van der Waals surface area contributed by atoms with E-state index in [0.717, 1.165) is 51.4 Å². The van der Waals surface area contributed by atoms with E-state index < -0.39 is 0 Å². The minimum atomic E-state index is -0.209. The summed E-state index contributed by atoms with van der Waals surface area (Å²) < 4.78 is 16.2. The number of carbonyl (C=O) groups excluding carboxylic acids is 3. The molecule has 0 saturated carbocycles. The van der Waals surface area contributed by atoms with Gasteiger partial charge in [-0.3, -0.25) is 14.4 Å². The van der Waals surface area contributed by atoms with E-state index in [9.17, 15) is 14.4 Å². The SMILES string of the molecule is CCCCCCCC(=O)OCC(CCCC(=O)OCCCC(C)(C)C)COC(=O)CCCCC. The van der Waals surface area contributed by atoms with E-state index in [0.29, 0.717) is 38.7 Å². The molecule has 34 heavy (non-hydrogen) atoms. The highest BCUT2D eigenvalue weighted by molar-refractivity contribution is 5.70. The number of hydrogen-bond donors (Lipinski definition) is 0. The fourth-order valence-electron chi connectivity index (χ4n) is 3.57. The second-order valence-corrected chi connectivity index (χ2v) is 10.6. The van der Waals surface area contributed by atoms with Crippen molar-refractivity contribution in [3.63, 3.8) is 0 Å². The summed E-state index contributed by atoms with van der Waals surface area (Å²) in [5, 5.41) is 0. The maximum Gasteiger partial charge on any atom is 0.305 e. The van der Waals surface area contributed by atoms with Gasteiger partial charge < -0.3 is 14.2 Å². The van der Waals surface area contributed by atoms with Gasteiger partial charge in [0, 0.05) is 25.2 Å². The van der Waals surface area contributed by atoms with E-state index in [1.807, 2.05) is 0 Å². The van der Waals surface area contributed by atoms with Gasteiger partial charge in [-0.2, -0.15) is 0 Å². The van der Waals surface area contributed by atoms with Gasteiger partial charge in [0.15, 0.2) is 0 Å². The molecule has 0 bridgehead atoms. The van der Waals surface area contributed by atoms with Crippen molar-refractivity contribution in [2.45, 2.75) is 131 Å². The van der Waals surface area contributed by atoms with Crippen LogP contribution in [0.25, 0.3) is 0 Å². The van der Waals surface area contributed by atoms with Gasteiger partial charge in [0.05, 0.1) is 19.8 Å². The Morgan fingerprint density at radius 1 is 0.618 bits per heavy atom. The van der Waals surface area contributed by atoms with Crippen molar-refractivity contribution in [3.8, 4) is 0 Å². The molecular weight excluding hydrogens is 432 g/mol. The summed E-state index contributed by atoms with van der Waals surface area (Å²) in [7, 11) is 0. The zero-order chi connectivity index (χ0) is 25.7. The van der Waals surface area contributed by atoms with Crippen LogP contribution in [0.15, 0.2) is 0 Å². The summed E-state index contributed by atoms with van der Waals surface area (Å²) in [6.45, 7) is 11.7. The first-order valence-corrected chi connectivity index (χ1v) is 13.6. The number of esters is 3. The highest BCUT2D eigenvalue weighted by Gasteiger charge is 2.16. The molecule has 0 aromatic rings. The fourth-order valence-corrected chi connectivity index (χ4v) is 3.57. The van der Waals surface area contributed by atoms with Crippen LogP contribution in [-0.4, -0.2) is 37.7 Å². The lowest BCUT2D eigenvalue weighted by atomic mass is 9.91. The van der Waals surface area contributed by atoms with Crippen LogP contribution in [0.2, 0.25) is 0 Å². The van der Waals surface area contributed by atoms with Crippen molar-refractivity contribution < 1.29 is 28.6 Å². The zero-order valence-electron chi connectivity index (χ0n) is 22.8. The van der Waals surface area contributed by atoms with Gasteiger partial charge in [-0.05, 0) is 43.9 Å². The quantitative estimate of drug-likeness (QED) is 0.0976. The normalized spacial score (nSPS) is 12.3. The Bertz CT molecular complexity index is 538. The summed E-state index contributed by atoms with van der Waals surface area (Å²) in [6, 6.07) is 0. The van der Waals surface area contributed by atoms with Gasteiger partial charge >= 0.3 is 17.9 Å². The maximum atomic E-state index is 12.1. The monoisotopic (exact) mass is 484 g/mol. The molecule has 1 atom stereocenters. The Balaban J connectivity index is 4.35. The Morgan fingerprint density at radius 3 is 1.65 bits per heavy atom. The topological polar surface area (TPSA) is 78.9 Å². The van der Waals surface area contributed by atoms with Crippen LogP contribution in [0.1, 0.15) is 131 Å². The van der Waals surface area contributed by atoms with Crippen LogP contribution in [0.5, 0.6) is 0 Å². The number of unbranched alkanes of at least 4 members (excludes halogenated alkanes) is 6. The van der Waals surface area contributed by atoms with Gasteiger partial charge in [-0.25, -0.2) is 0 Å². The minimum Gasteiger partial charge on any atom is -0.466 e. The predicted octanol–water partition coefficient (Wildman–Crippen LogP) is 7.17. The molecule has 0 aromatic carbocycles. The molecule has 0 spiro atoms. The van der Waals surface area contributed by atoms with Gasteiger partial charge in [-0.15, -0.1) is 0 Å². The van der Waals surface area contributed by atoms with Crippen molar-refractivity contribution in [1.82, 2.24) is 0 Å². The first-order chi connectivity index (χ1) is 16.2. The van der Waals surface area contributed by atoms with Crippen molar-refractivity contribution in [2.75, 3.05) is 19.8 Å². The highest BCUT2D eigenvalue weighted by Crippen LogP contribution is 2.20. The molecule has 0 aliphatic rings. The van der Waals surface area contributed by atoms with Crippen LogP contribution in [0, 0.1) is 11.3 Å². The van der Waals surface area contributed by atoms with Gasteiger partial charge in [0.1, 0.15) is 0 Å². The molecular formula is C28H52O6. The van der Waals surface area contributed by atoms with Crippen molar-refractivity contribution in [3.05, 3.63) is 0 Å². The lowest BCUT2D eigenvalue weighted by Gasteiger charge is -2.18. The Morgan fingerprint density at radius 2 is 1.09 bits per heavy atom. The largest absolute Gasteiger partial charge is 0.466 e. The molecule has 0 aliphatic heterocycles. The molecule has 6 heteroatoms. The summed E-state index contributed by atoms with van der Waals surface area (Å²) in [5.41, 5.74) is 0.237. The van der Waals surface area contributed by atoms with Gasteiger partial charge in [0.2, 0.25) is 0 Å². The molecule has 0 aromatic heterocycles. The number of ether oxygens (including phenoxy) is 3. The molecule has 200 valence electrons. The number of rotatable bonds is 21. The lowest BCUT2D eigenvalue weighted by Crippen LogP contribution is -2.21. The minimum absolute atomic E-state index is 0.104. The molecule has 0 N–H and O–H groups in total. The van der Waals surface area contributed by atoms with E-state index in [4.69, 9.17) is 14.2 Å². The van der Waals surface area contributed by atoms with Crippen molar-refractivity contribution >= 4 is 17.9 Å². The summed E-state index contributed by atoms with van der Waals surface area (Å²) >= 11 is 0. The molecule has 0 fully saturated rings. The second-order valence-electron chi connectivity index (χ2n) is 10.6. The van der Waals surface area contributed by atoms with E-state index in [1.54, 1.807) is 0 Å². The third-order valence-corrected chi connectivity index (χ3v) is 5.76. The molecule has 6 nitrogen and oxygen atoms in total. The van der Waals surface area contributed by atoms with Gasteiger partial charge in [-0.1, -0.05) is 73.1 Å². The van der Waals surface area contributed by atoms with Crippen LogP contribution >= 0.6 is 0 Å². The van der Waals surface area contributed by atoms with E-state index in [-0.39, 0.29) is 42.5 Å². The Kier molecular flexibility index (Phi) is 19.8. The predicted molar refractivity (Wildman–Crippen MR) is 136 cm³/mol. The van der Waals surface area contributed by atoms with E-state index in [2.05, 4.69) is 34.6 Å². The van der Waals surface area contributed by atoms with Gasteiger partial charge in [0.25, 0.3) is 0 Å². The third kappa shape index (κ3) is 22.2. The molecule has 0 rings (SSSR count). The molecule has 0 amide bonds. The van der Waals surface area contributed by atoms with E-state index >= 15 is 0 Å². The molecule has 0 saturated heterocycles. The van der Waals surface area contributed by atoms with Crippen LogP contribution in [0.4, 0.5) is 0 Å². The number of hydrogen-bond acceptors (Lipinski definition) is 6. The third-order valence-electron chi connectivity index (χ3n) is 5.76. The number of carbonyl (C=O) groups is 3. The molecule has 0 aliphatic carbocycles. The van der Waals surface area contributed by atoms with Crippen molar-refractivity contribution in [1.29, 1.82) is 0 Å². The fraction of sp³-hybridized carbons (Fsp3) is 0.893. The summed E-state index contributed by atoms with van der Waals surface area (Å²) in [5.74, 6) is -0.714. The second kappa shape index (κ2) is 20.8.